The molecule has 0 aromatic heterocycles. The van der Waals surface area contributed by atoms with Crippen molar-refractivity contribution in [2.75, 3.05) is 13.1 Å². The van der Waals surface area contributed by atoms with Gasteiger partial charge in [-0.25, -0.2) is 8.78 Å². The van der Waals surface area contributed by atoms with Gasteiger partial charge in [0.25, 0.3) is 0 Å². The molecule has 0 aliphatic rings. The van der Waals surface area contributed by atoms with E-state index in [-0.39, 0.29) is 11.6 Å². The van der Waals surface area contributed by atoms with E-state index in [1.165, 1.54) is 24.3 Å². The first-order valence-corrected chi connectivity index (χ1v) is 6.25. The summed E-state index contributed by atoms with van der Waals surface area (Å²) in [6.07, 6.45) is 3.22. The van der Waals surface area contributed by atoms with Gasteiger partial charge in [0.05, 0.1) is 13.1 Å². The second kappa shape index (κ2) is 7.28. The highest BCUT2D eigenvalue weighted by molar-refractivity contribution is 5.80. The van der Waals surface area contributed by atoms with Crippen LogP contribution in [0.15, 0.2) is 58.5 Å². The summed E-state index contributed by atoms with van der Waals surface area (Å²) in [6.45, 7) is 1.00. The largest absolute Gasteiger partial charge is 0.291 e. The van der Waals surface area contributed by atoms with Crippen LogP contribution in [-0.4, -0.2) is 25.5 Å². The highest BCUT2D eigenvalue weighted by Gasteiger charge is 1.91. The van der Waals surface area contributed by atoms with E-state index in [2.05, 4.69) is 9.98 Å². The zero-order chi connectivity index (χ0) is 14.2. The molecule has 102 valence electrons. The second-order valence-electron chi connectivity index (χ2n) is 4.18. The van der Waals surface area contributed by atoms with Gasteiger partial charge >= 0.3 is 0 Å². The van der Waals surface area contributed by atoms with Crippen LogP contribution in [0.3, 0.4) is 0 Å². The number of nitrogens with zero attached hydrogens (tertiary/aromatic N) is 2. The van der Waals surface area contributed by atoms with E-state index in [0.717, 1.165) is 11.1 Å². The molecule has 0 aliphatic heterocycles. The van der Waals surface area contributed by atoms with Crippen LogP contribution in [0.1, 0.15) is 11.1 Å². The van der Waals surface area contributed by atoms with Crippen molar-refractivity contribution in [3.63, 3.8) is 0 Å². The molecule has 4 heteroatoms. The van der Waals surface area contributed by atoms with Gasteiger partial charge < -0.3 is 0 Å². The Labute approximate surface area is 116 Å². The molecule has 0 bridgehead atoms. The summed E-state index contributed by atoms with van der Waals surface area (Å²) in [5, 5.41) is 0. The number of halogens is 2. The smallest absolute Gasteiger partial charge is 0.123 e. The van der Waals surface area contributed by atoms with Crippen molar-refractivity contribution < 1.29 is 8.78 Å². The van der Waals surface area contributed by atoms with E-state index >= 15 is 0 Å². The molecule has 0 unspecified atom stereocenters. The van der Waals surface area contributed by atoms with Crippen molar-refractivity contribution in [3.05, 3.63) is 71.3 Å². The highest BCUT2D eigenvalue weighted by Crippen LogP contribution is 2.01. The van der Waals surface area contributed by atoms with Gasteiger partial charge in [0.2, 0.25) is 0 Å². The predicted octanol–water partition coefficient (Wildman–Crippen LogP) is 3.50. The third kappa shape index (κ3) is 4.72. The highest BCUT2D eigenvalue weighted by atomic mass is 19.1. The molecule has 0 radical (unpaired) electrons. The van der Waals surface area contributed by atoms with E-state index in [1.54, 1.807) is 36.7 Å². The molecule has 0 atom stereocenters. The SMILES string of the molecule is Fc1cccc(C=NCCN=Cc2cccc(F)c2)c1. The Morgan fingerprint density at radius 1 is 0.750 bits per heavy atom. The lowest BCUT2D eigenvalue weighted by Gasteiger charge is -1.94. The van der Waals surface area contributed by atoms with Crippen molar-refractivity contribution in [2.24, 2.45) is 9.98 Å². The van der Waals surface area contributed by atoms with Gasteiger partial charge in [-0.3, -0.25) is 9.98 Å². The number of hydrogen-bond donors (Lipinski definition) is 0. The minimum absolute atomic E-state index is 0.280. The normalized spacial score (nSPS) is 11.5. The molecule has 0 spiro atoms. The van der Waals surface area contributed by atoms with E-state index in [9.17, 15) is 8.78 Å². The van der Waals surface area contributed by atoms with Crippen molar-refractivity contribution in [2.45, 2.75) is 0 Å². The molecule has 0 saturated heterocycles. The van der Waals surface area contributed by atoms with Crippen molar-refractivity contribution in [3.8, 4) is 0 Å². The standard InChI is InChI=1S/C16H14F2N2/c17-15-5-1-3-13(9-15)11-19-7-8-20-12-14-4-2-6-16(18)10-14/h1-6,9-12H,7-8H2. The molecule has 0 fully saturated rings. The summed E-state index contributed by atoms with van der Waals surface area (Å²) in [6, 6.07) is 12.4. The summed E-state index contributed by atoms with van der Waals surface area (Å²) >= 11 is 0. The summed E-state index contributed by atoms with van der Waals surface area (Å²) in [7, 11) is 0. The first-order chi connectivity index (χ1) is 9.74. The molecule has 0 aliphatic carbocycles. The summed E-state index contributed by atoms with van der Waals surface area (Å²) in [5.41, 5.74) is 1.44. The Bertz CT molecular complexity index is 566. The van der Waals surface area contributed by atoms with Crippen LogP contribution in [0.4, 0.5) is 8.78 Å². The van der Waals surface area contributed by atoms with Gasteiger partial charge in [-0.05, 0) is 35.4 Å². The van der Waals surface area contributed by atoms with Gasteiger partial charge in [0.15, 0.2) is 0 Å². The fourth-order valence-corrected chi connectivity index (χ4v) is 1.63. The number of benzene rings is 2. The van der Waals surface area contributed by atoms with Crippen LogP contribution in [0, 0.1) is 11.6 Å². The topological polar surface area (TPSA) is 24.7 Å². The van der Waals surface area contributed by atoms with Crippen LogP contribution in [0.2, 0.25) is 0 Å². The number of hydrogen-bond acceptors (Lipinski definition) is 2. The van der Waals surface area contributed by atoms with E-state index < -0.39 is 0 Å². The lowest BCUT2D eigenvalue weighted by atomic mass is 10.2. The number of aliphatic imine (C=N–C) groups is 2. The molecule has 2 aromatic rings. The first-order valence-electron chi connectivity index (χ1n) is 6.25. The molecular weight excluding hydrogens is 258 g/mol. The van der Waals surface area contributed by atoms with E-state index in [1.807, 2.05) is 0 Å². The van der Waals surface area contributed by atoms with Crippen molar-refractivity contribution in [1.82, 2.24) is 0 Å². The molecule has 0 saturated carbocycles. The molecule has 2 aromatic carbocycles. The molecule has 0 N–H and O–H groups in total. The fraction of sp³-hybridized carbons (Fsp3) is 0.125. The van der Waals surface area contributed by atoms with Crippen molar-refractivity contribution >= 4 is 12.4 Å². The maximum absolute atomic E-state index is 12.9. The van der Waals surface area contributed by atoms with Gasteiger partial charge in [-0.1, -0.05) is 24.3 Å². The van der Waals surface area contributed by atoms with Crippen LogP contribution >= 0.6 is 0 Å². The summed E-state index contributed by atoms with van der Waals surface area (Å²) < 4.78 is 25.8. The third-order valence-electron chi connectivity index (χ3n) is 2.54. The molecule has 20 heavy (non-hydrogen) atoms. The van der Waals surface area contributed by atoms with Crippen LogP contribution in [0.25, 0.3) is 0 Å². The maximum Gasteiger partial charge on any atom is 0.123 e. The van der Waals surface area contributed by atoms with Crippen LogP contribution in [0.5, 0.6) is 0 Å². The lowest BCUT2D eigenvalue weighted by Crippen LogP contribution is -1.91. The Morgan fingerprint density at radius 3 is 1.60 bits per heavy atom. The van der Waals surface area contributed by atoms with Crippen molar-refractivity contribution in [1.29, 1.82) is 0 Å². The second-order valence-corrected chi connectivity index (χ2v) is 4.18. The summed E-state index contributed by atoms with van der Waals surface area (Å²) in [5.74, 6) is -0.559. The van der Waals surface area contributed by atoms with E-state index in [4.69, 9.17) is 0 Å². The van der Waals surface area contributed by atoms with Gasteiger partial charge in [-0.15, -0.1) is 0 Å². The third-order valence-corrected chi connectivity index (χ3v) is 2.54. The molecule has 2 nitrogen and oxygen atoms in total. The molecule has 2 rings (SSSR count). The van der Waals surface area contributed by atoms with Gasteiger partial charge in [0, 0.05) is 12.4 Å². The monoisotopic (exact) mass is 272 g/mol. The lowest BCUT2D eigenvalue weighted by molar-refractivity contribution is 0.627. The Morgan fingerprint density at radius 2 is 1.20 bits per heavy atom. The number of rotatable bonds is 5. The van der Waals surface area contributed by atoms with E-state index in [0.29, 0.717) is 13.1 Å². The maximum atomic E-state index is 12.9. The van der Waals surface area contributed by atoms with Gasteiger partial charge in [-0.2, -0.15) is 0 Å². The molecule has 0 amide bonds. The average molecular weight is 272 g/mol. The quantitative estimate of drug-likeness (QED) is 0.588. The Hall–Kier alpha value is -2.36. The Kier molecular flexibility index (Phi) is 5.12. The minimum atomic E-state index is -0.280. The van der Waals surface area contributed by atoms with Gasteiger partial charge in [0.1, 0.15) is 11.6 Å². The molecule has 0 heterocycles. The fourth-order valence-electron chi connectivity index (χ4n) is 1.63. The zero-order valence-corrected chi connectivity index (χ0v) is 10.8. The zero-order valence-electron chi connectivity index (χ0n) is 10.8. The van der Waals surface area contributed by atoms with Crippen LogP contribution < -0.4 is 0 Å². The molecular formula is C16H14F2N2. The first kappa shape index (κ1) is 14.1. The predicted molar refractivity (Wildman–Crippen MR) is 77.7 cm³/mol. The van der Waals surface area contributed by atoms with Crippen LogP contribution in [-0.2, 0) is 0 Å². The minimum Gasteiger partial charge on any atom is -0.291 e. The summed E-state index contributed by atoms with van der Waals surface area (Å²) in [4.78, 5) is 8.30. The Balaban J connectivity index is 1.79. The average Bonchev–Trinajstić information content (AvgIpc) is 2.43.